The highest BCUT2D eigenvalue weighted by Gasteiger charge is 2.56. The maximum absolute atomic E-state index is 6.54. The predicted molar refractivity (Wildman–Crippen MR) is 118 cm³/mol. The van der Waals surface area contributed by atoms with Crippen LogP contribution in [0.25, 0.3) is 11.2 Å². The number of rotatable bonds is 4. The van der Waals surface area contributed by atoms with E-state index in [0.717, 1.165) is 0 Å². The fourth-order valence-electron chi connectivity index (χ4n) is 3.53. The van der Waals surface area contributed by atoms with E-state index in [0.29, 0.717) is 22.9 Å². The van der Waals surface area contributed by atoms with E-state index in [-0.39, 0.29) is 27.9 Å². The van der Waals surface area contributed by atoms with Crippen LogP contribution >= 0.6 is 23.4 Å². The summed E-state index contributed by atoms with van der Waals surface area (Å²) in [6.45, 7) is 15.9. The predicted octanol–water partition coefficient (Wildman–Crippen LogP) is 4.64. The van der Waals surface area contributed by atoms with E-state index in [1.54, 1.807) is 18.1 Å². The summed E-state index contributed by atoms with van der Waals surface area (Å²) in [5, 5.41) is 0.659. The molecular weight excluding hydrogens is 428 g/mol. The first kappa shape index (κ1) is 21.5. The smallest absolute Gasteiger partial charge is 0.192 e. The SMILES string of the molecule is CC1(C)O[C@@H]2[C@H](O1)[C@@H](CO[Si](C)(C)C(C)(C)C)S[C@H]2n1cnc2c(Cl)ncnc21. The van der Waals surface area contributed by atoms with Crippen LogP contribution in [0.15, 0.2) is 12.7 Å². The van der Waals surface area contributed by atoms with Gasteiger partial charge in [0.2, 0.25) is 0 Å². The summed E-state index contributed by atoms with van der Waals surface area (Å²) in [7, 11) is -1.86. The van der Waals surface area contributed by atoms with Crippen LogP contribution in [0.2, 0.25) is 23.3 Å². The Balaban J connectivity index is 1.62. The lowest BCUT2D eigenvalue weighted by Gasteiger charge is -2.37. The van der Waals surface area contributed by atoms with Gasteiger partial charge >= 0.3 is 0 Å². The Morgan fingerprint density at radius 2 is 1.90 bits per heavy atom. The van der Waals surface area contributed by atoms with E-state index >= 15 is 0 Å². The number of thioether (sulfide) groups is 1. The molecule has 4 heterocycles. The Morgan fingerprint density at radius 3 is 2.59 bits per heavy atom. The van der Waals surface area contributed by atoms with Crippen LogP contribution in [-0.4, -0.2) is 57.7 Å². The van der Waals surface area contributed by atoms with Crippen molar-refractivity contribution in [1.82, 2.24) is 19.5 Å². The highest BCUT2D eigenvalue weighted by molar-refractivity contribution is 8.00. The highest BCUT2D eigenvalue weighted by Crippen LogP contribution is 2.52. The van der Waals surface area contributed by atoms with Crippen molar-refractivity contribution in [2.24, 2.45) is 0 Å². The zero-order valence-corrected chi connectivity index (χ0v) is 20.5. The number of halogens is 1. The second-order valence-corrected chi connectivity index (χ2v) is 16.2. The molecule has 2 aromatic rings. The summed E-state index contributed by atoms with van der Waals surface area (Å²) in [5.74, 6) is -0.632. The van der Waals surface area contributed by atoms with Gasteiger partial charge in [0, 0.05) is 6.61 Å². The third-order valence-corrected chi connectivity index (χ3v) is 12.4. The molecule has 29 heavy (non-hydrogen) atoms. The molecule has 0 spiro atoms. The molecule has 0 aromatic carbocycles. The second-order valence-electron chi connectivity index (χ2n) is 9.69. The van der Waals surface area contributed by atoms with E-state index in [1.807, 2.05) is 18.4 Å². The Kier molecular flexibility index (Phi) is 5.32. The molecule has 0 unspecified atom stereocenters. The minimum atomic E-state index is -1.86. The largest absolute Gasteiger partial charge is 0.416 e. The summed E-state index contributed by atoms with van der Waals surface area (Å²) < 4.78 is 21.2. The second kappa shape index (κ2) is 7.17. The van der Waals surface area contributed by atoms with Gasteiger partial charge in [-0.05, 0) is 32.0 Å². The van der Waals surface area contributed by atoms with Crippen molar-refractivity contribution in [3.05, 3.63) is 17.8 Å². The van der Waals surface area contributed by atoms with Gasteiger partial charge in [-0.3, -0.25) is 4.57 Å². The van der Waals surface area contributed by atoms with E-state index in [4.69, 9.17) is 25.5 Å². The van der Waals surface area contributed by atoms with Gasteiger partial charge in [0.25, 0.3) is 0 Å². The van der Waals surface area contributed by atoms with E-state index in [1.165, 1.54) is 6.33 Å². The van der Waals surface area contributed by atoms with Crippen LogP contribution in [0.4, 0.5) is 0 Å². The molecule has 2 fully saturated rings. The van der Waals surface area contributed by atoms with Crippen LogP contribution in [-0.2, 0) is 13.9 Å². The molecule has 160 valence electrons. The van der Waals surface area contributed by atoms with E-state index in [2.05, 4.69) is 48.8 Å². The third kappa shape index (κ3) is 3.85. The van der Waals surface area contributed by atoms with Crippen LogP contribution in [0.5, 0.6) is 0 Å². The highest BCUT2D eigenvalue weighted by atomic mass is 35.5. The van der Waals surface area contributed by atoms with Gasteiger partial charge in [-0.2, -0.15) is 0 Å². The third-order valence-electron chi connectivity index (χ3n) is 6.13. The number of imidazole rings is 1. The topological polar surface area (TPSA) is 71.3 Å². The number of hydrogen-bond acceptors (Lipinski definition) is 7. The summed E-state index contributed by atoms with van der Waals surface area (Å²) >= 11 is 8.00. The van der Waals surface area contributed by atoms with Crippen molar-refractivity contribution >= 4 is 42.8 Å². The monoisotopic (exact) mass is 456 g/mol. The molecule has 0 aliphatic carbocycles. The number of aromatic nitrogens is 4. The lowest BCUT2D eigenvalue weighted by molar-refractivity contribution is -0.149. The fraction of sp³-hybridized carbons (Fsp3) is 0.737. The van der Waals surface area contributed by atoms with Crippen LogP contribution in [0.3, 0.4) is 0 Å². The molecule has 0 N–H and O–H groups in total. The summed E-state index contributed by atoms with van der Waals surface area (Å²) in [4.78, 5) is 12.9. The van der Waals surface area contributed by atoms with Crippen LogP contribution in [0.1, 0.15) is 40.0 Å². The molecule has 2 aromatic heterocycles. The Labute approximate surface area is 182 Å². The summed E-state index contributed by atoms with van der Waals surface area (Å²) in [5.41, 5.74) is 1.31. The van der Waals surface area contributed by atoms with Crippen molar-refractivity contribution in [2.45, 2.75) is 81.4 Å². The molecule has 10 heteroatoms. The lowest BCUT2D eigenvalue weighted by Crippen LogP contribution is -2.43. The minimum absolute atomic E-state index is 0.0224. The fourth-order valence-corrected chi connectivity index (χ4v) is 6.38. The van der Waals surface area contributed by atoms with E-state index < -0.39 is 14.1 Å². The normalized spacial score (nSPS) is 29.5. The maximum atomic E-state index is 6.54. The molecule has 0 saturated carbocycles. The quantitative estimate of drug-likeness (QED) is 0.490. The maximum Gasteiger partial charge on any atom is 0.192 e. The molecule has 4 atom stereocenters. The van der Waals surface area contributed by atoms with Crippen LogP contribution < -0.4 is 0 Å². The van der Waals surface area contributed by atoms with Gasteiger partial charge in [-0.25, -0.2) is 15.0 Å². The molecule has 2 saturated heterocycles. The Bertz CT molecular complexity index is 916. The van der Waals surface area contributed by atoms with Gasteiger partial charge in [0.15, 0.2) is 24.9 Å². The van der Waals surface area contributed by atoms with Gasteiger partial charge in [0.05, 0.1) is 11.6 Å². The van der Waals surface area contributed by atoms with Crippen LogP contribution in [0, 0.1) is 0 Å². The Morgan fingerprint density at radius 1 is 1.21 bits per heavy atom. The molecular formula is C19H29ClN4O3SSi. The minimum Gasteiger partial charge on any atom is -0.416 e. The molecule has 4 rings (SSSR count). The number of ether oxygens (including phenoxy) is 2. The molecule has 2 aliphatic heterocycles. The van der Waals surface area contributed by atoms with E-state index in [9.17, 15) is 0 Å². The van der Waals surface area contributed by atoms with Gasteiger partial charge < -0.3 is 13.9 Å². The van der Waals surface area contributed by atoms with Crippen molar-refractivity contribution in [3.63, 3.8) is 0 Å². The molecule has 0 radical (unpaired) electrons. The van der Waals surface area contributed by atoms with Crippen molar-refractivity contribution in [3.8, 4) is 0 Å². The first-order valence-corrected chi connectivity index (χ1v) is 14.1. The molecule has 0 amide bonds. The van der Waals surface area contributed by atoms with Crippen molar-refractivity contribution in [1.29, 1.82) is 0 Å². The Hall–Kier alpha value is -0.713. The number of nitrogens with zero attached hydrogens (tertiary/aromatic N) is 4. The summed E-state index contributed by atoms with van der Waals surface area (Å²) in [6, 6.07) is 0. The summed E-state index contributed by atoms with van der Waals surface area (Å²) in [6.07, 6.45) is 3.06. The first-order valence-electron chi connectivity index (χ1n) is 9.88. The molecule has 2 aliphatic rings. The van der Waals surface area contributed by atoms with Crippen molar-refractivity contribution < 1.29 is 13.9 Å². The van der Waals surface area contributed by atoms with Gasteiger partial charge in [-0.15, -0.1) is 11.8 Å². The van der Waals surface area contributed by atoms with Gasteiger partial charge in [0.1, 0.15) is 29.4 Å². The average molecular weight is 457 g/mol. The van der Waals surface area contributed by atoms with Crippen molar-refractivity contribution in [2.75, 3.05) is 6.61 Å². The van der Waals surface area contributed by atoms with Gasteiger partial charge in [-0.1, -0.05) is 32.4 Å². The molecule has 0 bridgehead atoms. The average Bonchev–Trinajstić information content (AvgIpc) is 3.24. The number of hydrogen-bond donors (Lipinski definition) is 0. The standard InChI is InChI=1S/C19H29ClN4O3SSi/c1-18(2,3)29(6,7)25-8-11-13-14(27-19(4,5)26-13)17(28-11)24-10-23-12-15(20)21-9-22-16(12)24/h9-11,13-14,17H,8H2,1-7H3/t11-,13-,14-,17-/m1/s1. The lowest BCUT2D eigenvalue weighted by atomic mass is 10.1. The molecule has 7 nitrogen and oxygen atoms in total. The number of fused-ring (bicyclic) bond motifs is 2. The zero-order chi connectivity index (χ0) is 21.2. The zero-order valence-electron chi connectivity index (χ0n) is 18.0. The first-order chi connectivity index (χ1) is 13.4.